The van der Waals surface area contributed by atoms with Crippen molar-refractivity contribution in [1.29, 1.82) is 0 Å². The lowest BCUT2D eigenvalue weighted by Gasteiger charge is -2.14. The van der Waals surface area contributed by atoms with E-state index in [0.29, 0.717) is 6.04 Å². The van der Waals surface area contributed by atoms with Gasteiger partial charge in [-0.05, 0) is 24.6 Å². The molecule has 0 bridgehead atoms. The average molecular weight is 273 g/mol. The van der Waals surface area contributed by atoms with Gasteiger partial charge in [-0.25, -0.2) is 4.98 Å². The molecule has 0 radical (unpaired) electrons. The topological polar surface area (TPSA) is 39.1 Å². The quantitative estimate of drug-likeness (QED) is 0.879. The average Bonchev–Trinajstić information content (AvgIpc) is 2.82. The highest BCUT2D eigenvalue weighted by molar-refractivity contribution is 5.37. The van der Waals surface area contributed by atoms with E-state index in [2.05, 4.69) is 40.8 Å². The molecule has 0 aliphatic heterocycles. The fraction of sp³-hybridized carbons (Fsp3) is 0.438. The van der Waals surface area contributed by atoms with Crippen LogP contribution in [0.25, 0.3) is 0 Å². The Morgan fingerprint density at radius 2 is 2.15 bits per heavy atom. The largest absolute Gasteiger partial charge is 0.496 e. The van der Waals surface area contributed by atoms with Crippen molar-refractivity contribution in [2.24, 2.45) is 0 Å². The minimum atomic E-state index is 0.483. The summed E-state index contributed by atoms with van der Waals surface area (Å²) in [6.07, 6.45) is 3.82. The molecule has 4 heteroatoms. The number of hydrogen-bond donors (Lipinski definition) is 1. The highest BCUT2D eigenvalue weighted by Gasteiger charge is 2.07. The van der Waals surface area contributed by atoms with E-state index in [1.807, 2.05) is 25.4 Å². The smallest absolute Gasteiger partial charge is 0.123 e. The standard InChI is InChI=1S/C16H23N3O/c1-12(2)18-10-14-5-6-16(20-4)15(9-14)11-19-8-7-17-13(19)3/h5-9,12,18H,10-11H2,1-4H3. The van der Waals surface area contributed by atoms with Crippen molar-refractivity contribution in [3.63, 3.8) is 0 Å². The molecule has 0 aliphatic carbocycles. The van der Waals surface area contributed by atoms with Crippen LogP contribution in [0.2, 0.25) is 0 Å². The Bertz CT molecular complexity index is 561. The summed E-state index contributed by atoms with van der Waals surface area (Å²) >= 11 is 0. The number of nitrogens with zero attached hydrogens (tertiary/aromatic N) is 2. The molecule has 0 spiro atoms. The maximum Gasteiger partial charge on any atom is 0.123 e. The Kier molecular flexibility index (Phi) is 4.79. The first-order valence-electron chi connectivity index (χ1n) is 6.97. The summed E-state index contributed by atoms with van der Waals surface area (Å²) in [5.74, 6) is 1.93. The van der Waals surface area contributed by atoms with Gasteiger partial charge in [0.1, 0.15) is 11.6 Å². The second kappa shape index (κ2) is 6.57. The Labute approximate surface area is 120 Å². The van der Waals surface area contributed by atoms with Crippen molar-refractivity contribution in [3.8, 4) is 5.75 Å². The summed E-state index contributed by atoms with van der Waals surface area (Å²) < 4.78 is 7.58. The van der Waals surface area contributed by atoms with Gasteiger partial charge in [0.05, 0.1) is 13.7 Å². The lowest BCUT2D eigenvalue weighted by molar-refractivity contribution is 0.408. The summed E-state index contributed by atoms with van der Waals surface area (Å²) in [5.41, 5.74) is 2.45. The van der Waals surface area contributed by atoms with E-state index in [0.717, 1.165) is 24.7 Å². The Hall–Kier alpha value is -1.81. The molecule has 1 heterocycles. The summed E-state index contributed by atoms with van der Waals surface area (Å²) in [7, 11) is 1.71. The van der Waals surface area contributed by atoms with E-state index < -0.39 is 0 Å². The highest BCUT2D eigenvalue weighted by Crippen LogP contribution is 2.21. The van der Waals surface area contributed by atoms with E-state index in [1.54, 1.807) is 7.11 Å². The zero-order valence-electron chi connectivity index (χ0n) is 12.7. The van der Waals surface area contributed by atoms with Gasteiger partial charge in [0.25, 0.3) is 0 Å². The predicted octanol–water partition coefficient (Wildman–Crippen LogP) is 2.75. The van der Waals surface area contributed by atoms with Crippen LogP contribution in [-0.4, -0.2) is 22.7 Å². The second-order valence-electron chi connectivity index (χ2n) is 5.28. The molecule has 0 unspecified atom stereocenters. The number of ether oxygens (including phenoxy) is 1. The molecular weight excluding hydrogens is 250 g/mol. The summed E-state index contributed by atoms with van der Waals surface area (Å²) in [6.45, 7) is 7.97. The van der Waals surface area contributed by atoms with E-state index in [9.17, 15) is 0 Å². The normalized spacial score (nSPS) is 11.1. The monoisotopic (exact) mass is 273 g/mol. The third-order valence-electron chi connectivity index (χ3n) is 3.32. The predicted molar refractivity (Wildman–Crippen MR) is 81.0 cm³/mol. The molecule has 0 amide bonds. The fourth-order valence-corrected chi connectivity index (χ4v) is 2.14. The van der Waals surface area contributed by atoms with Crippen LogP contribution in [0.15, 0.2) is 30.6 Å². The van der Waals surface area contributed by atoms with Crippen LogP contribution in [0, 0.1) is 6.92 Å². The molecule has 0 atom stereocenters. The van der Waals surface area contributed by atoms with Crippen LogP contribution in [0.5, 0.6) is 5.75 Å². The molecule has 4 nitrogen and oxygen atoms in total. The molecule has 1 aromatic carbocycles. The molecule has 20 heavy (non-hydrogen) atoms. The summed E-state index contributed by atoms with van der Waals surface area (Å²) in [5, 5.41) is 3.44. The van der Waals surface area contributed by atoms with Crippen LogP contribution >= 0.6 is 0 Å². The number of methoxy groups -OCH3 is 1. The summed E-state index contributed by atoms with van der Waals surface area (Å²) in [4.78, 5) is 4.26. The van der Waals surface area contributed by atoms with Crippen molar-refractivity contribution in [3.05, 3.63) is 47.5 Å². The Morgan fingerprint density at radius 1 is 1.35 bits per heavy atom. The van der Waals surface area contributed by atoms with Gasteiger partial charge in [-0.2, -0.15) is 0 Å². The van der Waals surface area contributed by atoms with Gasteiger partial charge in [-0.1, -0.05) is 19.9 Å². The minimum Gasteiger partial charge on any atom is -0.496 e. The van der Waals surface area contributed by atoms with Gasteiger partial charge < -0.3 is 14.6 Å². The first kappa shape index (κ1) is 14.6. The van der Waals surface area contributed by atoms with Gasteiger partial charge in [0.15, 0.2) is 0 Å². The number of nitrogens with one attached hydrogen (secondary N) is 1. The van der Waals surface area contributed by atoms with E-state index in [1.165, 1.54) is 11.1 Å². The van der Waals surface area contributed by atoms with Crippen LogP contribution < -0.4 is 10.1 Å². The Balaban J connectivity index is 2.20. The molecule has 2 rings (SSSR count). The third-order valence-corrected chi connectivity index (χ3v) is 3.32. The number of aromatic nitrogens is 2. The van der Waals surface area contributed by atoms with Crippen molar-refractivity contribution in [2.45, 2.75) is 39.9 Å². The van der Waals surface area contributed by atoms with Crippen LogP contribution in [0.3, 0.4) is 0 Å². The van der Waals surface area contributed by atoms with Crippen LogP contribution in [0.1, 0.15) is 30.8 Å². The maximum atomic E-state index is 5.46. The van der Waals surface area contributed by atoms with Gasteiger partial charge in [0.2, 0.25) is 0 Å². The number of rotatable bonds is 6. The van der Waals surface area contributed by atoms with Crippen LogP contribution in [-0.2, 0) is 13.1 Å². The van der Waals surface area contributed by atoms with E-state index >= 15 is 0 Å². The lowest BCUT2D eigenvalue weighted by atomic mass is 10.1. The number of benzene rings is 1. The van der Waals surface area contributed by atoms with Gasteiger partial charge >= 0.3 is 0 Å². The molecule has 1 aromatic heterocycles. The number of hydrogen-bond acceptors (Lipinski definition) is 3. The van der Waals surface area contributed by atoms with Crippen molar-refractivity contribution >= 4 is 0 Å². The first-order chi connectivity index (χ1) is 9.60. The van der Waals surface area contributed by atoms with Gasteiger partial charge in [-0.15, -0.1) is 0 Å². The zero-order chi connectivity index (χ0) is 14.5. The minimum absolute atomic E-state index is 0.483. The zero-order valence-corrected chi connectivity index (χ0v) is 12.7. The molecule has 0 fully saturated rings. The van der Waals surface area contributed by atoms with Crippen molar-refractivity contribution in [2.75, 3.05) is 7.11 Å². The molecule has 0 saturated heterocycles. The Morgan fingerprint density at radius 3 is 2.75 bits per heavy atom. The molecule has 1 N–H and O–H groups in total. The lowest BCUT2D eigenvalue weighted by Crippen LogP contribution is -2.21. The molecule has 2 aromatic rings. The van der Waals surface area contributed by atoms with Gasteiger partial charge in [-0.3, -0.25) is 0 Å². The van der Waals surface area contributed by atoms with Crippen molar-refractivity contribution in [1.82, 2.24) is 14.9 Å². The fourth-order valence-electron chi connectivity index (χ4n) is 2.14. The number of aryl methyl sites for hydroxylation is 1. The first-order valence-corrected chi connectivity index (χ1v) is 6.97. The van der Waals surface area contributed by atoms with E-state index in [-0.39, 0.29) is 0 Å². The third kappa shape index (κ3) is 3.61. The molecule has 0 aliphatic rings. The van der Waals surface area contributed by atoms with E-state index in [4.69, 9.17) is 4.74 Å². The van der Waals surface area contributed by atoms with Crippen LogP contribution in [0.4, 0.5) is 0 Å². The second-order valence-corrected chi connectivity index (χ2v) is 5.28. The molecule has 0 saturated carbocycles. The SMILES string of the molecule is COc1ccc(CNC(C)C)cc1Cn1ccnc1C. The number of imidazole rings is 1. The molecular formula is C16H23N3O. The highest BCUT2D eigenvalue weighted by atomic mass is 16.5. The molecule has 108 valence electrons. The van der Waals surface area contributed by atoms with Gasteiger partial charge in [0, 0.05) is 30.5 Å². The maximum absolute atomic E-state index is 5.46. The summed E-state index contributed by atoms with van der Waals surface area (Å²) in [6, 6.07) is 6.84. The van der Waals surface area contributed by atoms with Crippen molar-refractivity contribution < 1.29 is 4.74 Å².